The van der Waals surface area contributed by atoms with E-state index in [0.29, 0.717) is 24.2 Å². The van der Waals surface area contributed by atoms with E-state index in [9.17, 15) is 4.39 Å². The average molecular weight is 440 g/mol. The lowest BCUT2D eigenvalue weighted by Crippen LogP contribution is -2.00. The number of aromatic nitrogens is 5. The summed E-state index contributed by atoms with van der Waals surface area (Å²) in [6.45, 7) is 0.365. The standard InChI is InChI=1S/C21H18FN5OS2/c22-15-3-7-18(8-4-15)28-11-19-24-16(12-29-19)13-30-21-26-25-20(27(21)17-5-6-17)14-2-1-9-23-10-14/h1-4,7-10,12,17H,5-6,11,13H2. The summed E-state index contributed by atoms with van der Waals surface area (Å²) in [5, 5.41) is 12.7. The first-order valence-corrected chi connectivity index (χ1v) is 11.4. The molecule has 1 aromatic carbocycles. The fourth-order valence-corrected chi connectivity index (χ4v) is 4.73. The van der Waals surface area contributed by atoms with Gasteiger partial charge in [0.15, 0.2) is 11.0 Å². The maximum Gasteiger partial charge on any atom is 0.192 e. The number of thioether (sulfide) groups is 1. The fraction of sp³-hybridized carbons (Fsp3) is 0.238. The van der Waals surface area contributed by atoms with Crippen LogP contribution in [0.2, 0.25) is 0 Å². The predicted molar refractivity (Wildman–Crippen MR) is 114 cm³/mol. The van der Waals surface area contributed by atoms with Gasteiger partial charge in [-0.25, -0.2) is 9.37 Å². The van der Waals surface area contributed by atoms with Crippen LogP contribution >= 0.6 is 23.1 Å². The molecule has 0 saturated heterocycles. The van der Waals surface area contributed by atoms with Crippen molar-refractivity contribution >= 4 is 23.1 Å². The Morgan fingerprint density at radius 1 is 1.17 bits per heavy atom. The van der Waals surface area contributed by atoms with Crippen LogP contribution < -0.4 is 4.74 Å². The van der Waals surface area contributed by atoms with E-state index in [4.69, 9.17) is 4.74 Å². The minimum atomic E-state index is -0.276. The number of pyridine rings is 1. The van der Waals surface area contributed by atoms with Crippen LogP contribution in [0.5, 0.6) is 5.75 Å². The van der Waals surface area contributed by atoms with Gasteiger partial charge in [0.1, 0.15) is 23.2 Å². The smallest absolute Gasteiger partial charge is 0.192 e. The summed E-state index contributed by atoms with van der Waals surface area (Å²) in [7, 11) is 0. The monoisotopic (exact) mass is 439 g/mol. The summed E-state index contributed by atoms with van der Waals surface area (Å²) < 4.78 is 20.9. The summed E-state index contributed by atoms with van der Waals surface area (Å²) in [5.74, 6) is 1.94. The molecule has 0 bridgehead atoms. The molecule has 1 fully saturated rings. The molecule has 5 rings (SSSR count). The van der Waals surface area contributed by atoms with Gasteiger partial charge < -0.3 is 4.74 Å². The Labute approximate surface area is 181 Å². The third-order valence-corrected chi connectivity index (χ3v) is 6.47. The van der Waals surface area contributed by atoms with Gasteiger partial charge in [0.05, 0.1) is 5.69 Å². The van der Waals surface area contributed by atoms with Crippen molar-refractivity contribution in [3.05, 3.63) is 70.7 Å². The van der Waals surface area contributed by atoms with Crippen molar-refractivity contribution in [2.24, 2.45) is 0 Å². The maximum absolute atomic E-state index is 13.0. The molecule has 0 atom stereocenters. The molecular formula is C21H18FN5OS2. The van der Waals surface area contributed by atoms with Crippen molar-refractivity contribution in [2.75, 3.05) is 0 Å². The summed E-state index contributed by atoms with van der Waals surface area (Å²) in [6, 6.07) is 10.4. The van der Waals surface area contributed by atoms with Crippen molar-refractivity contribution in [3.63, 3.8) is 0 Å². The summed E-state index contributed by atoms with van der Waals surface area (Å²) in [4.78, 5) is 8.85. The molecule has 0 radical (unpaired) electrons. The largest absolute Gasteiger partial charge is 0.486 e. The van der Waals surface area contributed by atoms with Gasteiger partial charge in [-0.05, 0) is 49.2 Å². The van der Waals surface area contributed by atoms with E-state index < -0.39 is 0 Å². The molecule has 152 valence electrons. The van der Waals surface area contributed by atoms with Crippen molar-refractivity contribution in [3.8, 4) is 17.1 Å². The first kappa shape index (κ1) is 19.2. The minimum Gasteiger partial charge on any atom is -0.486 e. The zero-order valence-electron chi connectivity index (χ0n) is 15.9. The van der Waals surface area contributed by atoms with E-state index in [1.54, 1.807) is 41.4 Å². The Bertz CT molecular complexity index is 1130. The highest BCUT2D eigenvalue weighted by Crippen LogP contribution is 2.41. The van der Waals surface area contributed by atoms with Gasteiger partial charge in [0.2, 0.25) is 0 Å². The number of thiazole rings is 1. The van der Waals surface area contributed by atoms with Crippen molar-refractivity contribution in [2.45, 2.75) is 36.4 Å². The van der Waals surface area contributed by atoms with Gasteiger partial charge in [-0.3, -0.25) is 9.55 Å². The summed E-state index contributed by atoms with van der Waals surface area (Å²) in [5.41, 5.74) is 1.97. The lowest BCUT2D eigenvalue weighted by molar-refractivity contribution is 0.305. The van der Waals surface area contributed by atoms with Crippen LogP contribution in [0.4, 0.5) is 4.39 Å². The average Bonchev–Trinajstić information content (AvgIpc) is 3.36. The Kier molecular flexibility index (Phi) is 5.46. The number of benzene rings is 1. The fourth-order valence-electron chi connectivity index (χ4n) is 3.03. The third-order valence-electron chi connectivity index (χ3n) is 4.62. The van der Waals surface area contributed by atoms with Crippen LogP contribution in [0.3, 0.4) is 0 Å². The first-order valence-electron chi connectivity index (χ1n) is 9.56. The van der Waals surface area contributed by atoms with Crippen molar-refractivity contribution in [1.82, 2.24) is 24.7 Å². The van der Waals surface area contributed by atoms with Gasteiger partial charge in [0.25, 0.3) is 0 Å². The molecule has 0 unspecified atom stereocenters. The summed E-state index contributed by atoms with van der Waals surface area (Å²) in [6.07, 6.45) is 5.89. The van der Waals surface area contributed by atoms with Gasteiger partial charge in [-0.1, -0.05) is 11.8 Å². The van der Waals surface area contributed by atoms with E-state index in [1.807, 2.05) is 23.7 Å². The zero-order chi connectivity index (χ0) is 20.3. The molecule has 3 heterocycles. The van der Waals surface area contributed by atoms with Crippen LogP contribution in [0.15, 0.2) is 59.3 Å². The van der Waals surface area contributed by atoms with Gasteiger partial charge in [-0.15, -0.1) is 21.5 Å². The second-order valence-corrected chi connectivity index (χ2v) is 8.80. The van der Waals surface area contributed by atoms with Gasteiger partial charge in [-0.2, -0.15) is 0 Å². The molecule has 0 spiro atoms. The Hall–Kier alpha value is -2.78. The van der Waals surface area contributed by atoms with Crippen LogP contribution in [0.1, 0.15) is 29.6 Å². The second-order valence-electron chi connectivity index (χ2n) is 6.91. The molecule has 1 aliphatic rings. The molecular weight excluding hydrogens is 421 g/mol. The van der Waals surface area contributed by atoms with Crippen LogP contribution in [-0.4, -0.2) is 24.7 Å². The number of nitrogens with zero attached hydrogens (tertiary/aromatic N) is 5. The lowest BCUT2D eigenvalue weighted by atomic mass is 10.3. The molecule has 1 aliphatic carbocycles. The van der Waals surface area contributed by atoms with Crippen molar-refractivity contribution < 1.29 is 9.13 Å². The van der Waals surface area contributed by atoms with E-state index >= 15 is 0 Å². The highest BCUT2D eigenvalue weighted by molar-refractivity contribution is 7.98. The number of hydrogen-bond acceptors (Lipinski definition) is 7. The molecule has 1 saturated carbocycles. The molecule has 0 amide bonds. The summed E-state index contributed by atoms with van der Waals surface area (Å²) >= 11 is 3.20. The van der Waals surface area contributed by atoms with Crippen molar-refractivity contribution in [1.29, 1.82) is 0 Å². The molecule has 30 heavy (non-hydrogen) atoms. The molecule has 3 aromatic heterocycles. The molecule has 0 aliphatic heterocycles. The Morgan fingerprint density at radius 3 is 2.80 bits per heavy atom. The number of rotatable bonds is 8. The normalized spacial score (nSPS) is 13.5. The highest BCUT2D eigenvalue weighted by Gasteiger charge is 2.30. The van der Waals surface area contributed by atoms with E-state index in [0.717, 1.165) is 40.1 Å². The predicted octanol–water partition coefficient (Wildman–Crippen LogP) is 5.14. The Morgan fingerprint density at radius 2 is 2.03 bits per heavy atom. The number of ether oxygens (including phenoxy) is 1. The number of hydrogen-bond donors (Lipinski definition) is 0. The van der Waals surface area contributed by atoms with Crippen LogP contribution in [0, 0.1) is 5.82 Å². The second kappa shape index (κ2) is 8.53. The third kappa shape index (κ3) is 4.36. The zero-order valence-corrected chi connectivity index (χ0v) is 17.6. The SMILES string of the molecule is Fc1ccc(OCc2nc(CSc3nnc(-c4cccnc4)n3C3CC3)cs2)cc1. The topological polar surface area (TPSA) is 65.7 Å². The first-order chi connectivity index (χ1) is 14.8. The molecule has 6 nitrogen and oxygen atoms in total. The van der Waals surface area contributed by atoms with Gasteiger partial charge >= 0.3 is 0 Å². The molecule has 4 aromatic rings. The highest BCUT2D eigenvalue weighted by atomic mass is 32.2. The van der Waals surface area contributed by atoms with E-state index in [2.05, 4.69) is 24.7 Å². The molecule has 0 N–H and O–H groups in total. The molecule has 9 heteroatoms. The maximum atomic E-state index is 13.0. The van der Waals surface area contributed by atoms with Crippen LogP contribution in [-0.2, 0) is 12.4 Å². The van der Waals surface area contributed by atoms with Crippen LogP contribution in [0.25, 0.3) is 11.4 Å². The minimum absolute atomic E-state index is 0.276. The van der Waals surface area contributed by atoms with Gasteiger partial charge in [0, 0.05) is 35.1 Å². The van der Waals surface area contributed by atoms with E-state index in [-0.39, 0.29) is 5.82 Å². The lowest BCUT2D eigenvalue weighted by Gasteiger charge is -2.08. The van der Waals surface area contributed by atoms with E-state index in [1.165, 1.54) is 12.1 Å². The quantitative estimate of drug-likeness (QED) is 0.354. The number of halogens is 1. The Balaban J connectivity index is 1.24.